The largest absolute Gasteiger partial charge is 0.458 e. The van der Waals surface area contributed by atoms with Gasteiger partial charge >= 0.3 is 0 Å². The summed E-state index contributed by atoms with van der Waals surface area (Å²) in [4.78, 5) is 0. The summed E-state index contributed by atoms with van der Waals surface area (Å²) >= 11 is 5.93. The standard InChI is InChI=1S/C16H13ClO2/c17-13-6-7-15-12(9-13)10-16(19-15)14(18)8-11-4-2-1-3-5-11/h1-7,9-10,14,18H,8H2. The Balaban J connectivity index is 1.87. The number of hydrogen-bond acceptors (Lipinski definition) is 2. The summed E-state index contributed by atoms with van der Waals surface area (Å²) in [6, 6.07) is 17.1. The number of aliphatic hydroxyl groups excluding tert-OH is 1. The van der Waals surface area contributed by atoms with Crippen molar-refractivity contribution in [2.45, 2.75) is 12.5 Å². The Kier molecular flexibility index (Phi) is 3.28. The van der Waals surface area contributed by atoms with Gasteiger partial charge in [-0.1, -0.05) is 41.9 Å². The predicted molar refractivity (Wildman–Crippen MR) is 76.3 cm³/mol. The number of furan rings is 1. The fraction of sp³-hybridized carbons (Fsp3) is 0.125. The van der Waals surface area contributed by atoms with Crippen molar-refractivity contribution < 1.29 is 9.52 Å². The van der Waals surface area contributed by atoms with Crippen molar-refractivity contribution in [3.05, 3.63) is 70.9 Å². The summed E-state index contributed by atoms with van der Waals surface area (Å²) in [6.07, 6.45) is -0.109. The number of fused-ring (bicyclic) bond motifs is 1. The maximum absolute atomic E-state index is 10.2. The van der Waals surface area contributed by atoms with E-state index in [9.17, 15) is 5.11 Å². The van der Waals surface area contributed by atoms with E-state index in [0.717, 1.165) is 16.5 Å². The van der Waals surface area contributed by atoms with Crippen LogP contribution in [0.4, 0.5) is 0 Å². The Bertz CT molecular complexity index is 688. The molecule has 19 heavy (non-hydrogen) atoms. The molecule has 3 rings (SSSR count). The molecular weight excluding hydrogens is 260 g/mol. The Morgan fingerprint density at radius 3 is 2.63 bits per heavy atom. The molecule has 1 atom stereocenters. The van der Waals surface area contributed by atoms with Gasteiger partial charge in [0.15, 0.2) is 0 Å². The highest BCUT2D eigenvalue weighted by Crippen LogP contribution is 2.27. The van der Waals surface area contributed by atoms with Crippen LogP contribution in [0.15, 0.2) is 59.0 Å². The maximum atomic E-state index is 10.2. The fourth-order valence-corrected chi connectivity index (χ4v) is 2.32. The lowest BCUT2D eigenvalue weighted by Gasteiger charge is -2.07. The van der Waals surface area contributed by atoms with Crippen LogP contribution in [0.5, 0.6) is 0 Å². The number of hydrogen-bond donors (Lipinski definition) is 1. The molecule has 1 aromatic heterocycles. The Morgan fingerprint density at radius 1 is 1.05 bits per heavy atom. The third kappa shape index (κ3) is 2.65. The van der Waals surface area contributed by atoms with Crippen LogP contribution < -0.4 is 0 Å². The van der Waals surface area contributed by atoms with Gasteiger partial charge in [0, 0.05) is 16.8 Å². The van der Waals surface area contributed by atoms with E-state index in [1.165, 1.54) is 0 Å². The van der Waals surface area contributed by atoms with Crippen LogP contribution in [-0.2, 0) is 6.42 Å². The molecule has 0 aliphatic rings. The molecule has 0 saturated carbocycles. The number of halogens is 1. The van der Waals surface area contributed by atoms with Gasteiger partial charge in [-0.15, -0.1) is 0 Å². The highest BCUT2D eigenvalue weighted by atomic mass is 35.5. The van der Waals surface area contributed by atoms with Crippen molar-refractivity contribution >= 4 is 22.6 Å². The summed E-state index contributed by atoms with van der Waals surface area (Å²) in [6.45, 7) is 0. The Morgan fingerprint density at radius 2 is 1.84 bits per heavy atom. The predicted octanol–water partition coefficient (Wildman–Crippen LogP) is 4.36. The van der Waals surface area contributed by atoms with E-state index >= 15 is 0 Å². The molecule has 96 valence electrons. The number of rotatable bonds is 3. The second-order valence-corrected chi connectivity index (χ2v) is 4.97. The van der Waals surface area contributed by atoms with Crippen LogP contribution in [0.3, 0.4) is 0 Å². The highest BCUT2D eigenvalue weighted by molar-refractivity contribution is 6.31. The zero-order chi connectivity index (χ0) is 13.2. The topological polar surface area (TPSA) is 33.4 Å². The van der Waals surface area contributed by atoms with Crippen LogP contribution in [-0.4, -0.2) is 5.11 Å². The van der Waals surface area contributed by atoms with Gasteiger partial charge in [-0.25, -0.2) is 0 Å². The van der Waals surface area contributed by atoms with Crippen LogP contribution >= 0.6 is 11.6 Å². The molecule has 0 spiro atoms. The molecule has 1 N–H and O–H groups in total. The van der Waals surface area contributed by atoms with Crippen molar-refractivity contribution in [2.75, 3.05) is 0 Å². The number of aliphatic hydroxyl groups is 1. The van der Waals surface area contributed by atoms with Crippen LogP contribution in [0.2, 0.25) is 5.02 Å². The molecule has 0 radical (unpaired) electrons. The summed E-state index contributed by atoms with van der Waals surface area (Å²) in [5.74, 6) is 0.570. The molecule has 0 bridgehead atoms. The zero-order valence-corrected chi connectivity index (χ0v) is 11.0. The first-order valence-electron chi connectivity index (χ1n) is 6.13. The van der Waals surface area contributed by atoms with Gasteiger partial charge < -0.3 is 9.52 Å². The van der Waals surface area contributed by atoms with E-state index in [1.807, 2.05) is 48.5 Å². The third-order valence-electron chi connectivity index (χ3n) is 3.10. The Hall–Kier alpha value is -1.77. The molecule has 0 amide bonds. The lowest BCUT2D eigenvalue weighted by atomic mass is 10.1. The van der Waals surface area contributed by atoms with E-state index in [4.69, 9.17) is 16.0 Å². The Labute approximate surface area is 116 Å². The molecule has 0 fully saturated rings. The molecule has 3 aromatic rings. The molecule has 2 aromatic carbocycles. The first-order chi connectivity index (χ1) is 9.22. The molecule has 3 heteroatoms. The average molecular weight is 273 g/mol. The molecule has 0 saturated heterocycles. The van der Waals surface area contributed by atoms with Gasteiger partial charge in [-0.05, 0) is 29.8 Å². The van der Waals surface area contributed by atoms with Crippen LogP contribution in [0, 0.1) is 0 Å². The minimum absolute atomic E-state index is 0.536. The summed E-state index contributed by atoms with van der Waals surface area (Å²) in [5, 5.41) is 11.8. The fourth-order valence-electron chi connectivity index (χ4n) is 2.14. The van der Waals surface area contributed by atoms with Crippen molar-refractivity contribution in [3.8, 4) is 0 Å². The molecule has 2 nitrogen and oxygen atoms in total. The second kappa shape index (κ2) is 5.08. The van der Waals surface area contributed by atoms with Crippen molar-refractivity contribution in [1.82, 2.24) is 0 Å². The van der Waals surface area contributed by atoms with E-state index in [-0.39, 0.29) is 0 Å². The maximum Gasteiger partial charge on any atom is 0.134 e. The third-order valence-corrected chi connectivity index (χ3v) is 3.33. The highest BCUT2D eigenvalue weighted by Gasteiger charge is 2.14. The van der Waals surface area contributed by atoms with Gasteiger partial charge in [-0.3, -0.25) is 0 Å². The lowest BCUT2D eigenvalue weighted by Crippen LogP contribution is -1.99. The van der Waals surface area contributed by atoms with Crippen molar-refractivity contribution in [3.63, 3.8) is 0 Å². The molecular formula is C16H13ClO2. The minimum Gasteiger partial charge on any atom is -0.458 e. The van der Waals surface area contributed by atoms with E-state index < -0.39 is 6.10 Å². The van der Waals surface area contributed by atoms with Crippen molar-refractivity contribution in [1.29, 1.82) is 0 Å². The van der Waals surface area contributed by atoms with Crippen LogP contribution in [0.25, 0.3) is 11.0 Å². The molecule has 1 heterocycles. The summed E-state index contributed by atoms with van der Waals surface area (Å²) in [5.41, 5.74) is 1.82. The van der Waals surface area contributed by atoms with Crippen molar-refractivity contribution in [2.24, 2.45) is 0 Å². The van der Waals surface area contributed by atoms with Gasteiger partial charge in [0.05, 0.1) is 0 Å². The van der Waals surface area contributed by atoms with E-state index in [2.05, 4.69) is 0 Å². The quantitative estimate of drug-likeness (QED) is 0.768. The second-order valence-electron chi connectivity index (χ2n) is 4.54. The SMILES string of the molecule is OC(Cc1ccccc1)c1cc2cc(Cl)ccc2o1. The first kappa shape index (κ1) is 12.3. The van der Waals surface area contributed by atoms with Gasteiger partial charge in [0.2, 0.25) is 0 Å². The van der Waals surface area contributed by atoms with Gasteiger partial charge in [0.1, 0.15) is 17.4 Å². The van der Waals surface area contributed by atoms with Crippen LogP contribution in [0.1, 0.15) is 17.4 Å². The molecule has 0 aliphatic heterocycles. The van der Waals surface area contributed by atoms with Gasteiger partial charge in [-0.2, -0.15) is 0 Å². The minimum atomic E-state index is -0.645. The summed E-state index contributed by atoms with van der Waals surface area (Å²) < 4.78 is 5.65. The smallest absolute Gasteiger partial charge is 0.134 e. The lowest BCUT2D eigenvalue weighted by molar-refractivity contribution is 0.152. The molecule has 1 unspecified atom stereocenters. The zero-order valence-electron chi connectivity index (χ0n) is 10.2. The molecule has 0 aliphatic carbocycles. The normalized spacial score (nSPS) is 12.7. The van der Waals surface area contributed by atoms with E-state index in [0.29, 0.717) is 17.2 Å². The average Bonchev–Trinajstić information content (AvgIpc) is 2.83. The number of benzene rings is 2. The van der Waals surface area contributed by atoms with Gasteiger partial charge in [0.25, 0.3) is 0 Å². The first-order valence-corrected chi connectivity index (χ1v) is 6.51. The monoisotopic (exact) mass is 272 g/mol. The summed E-state index contributed by atoms with van der Waals surface area (Å²) in [7, 11) is 0. The van der Waals surface area contributed by atoms with E-state index in [1.54, 1.807) is 6.07 Å².